The smallest absolute Gasteiger partial charge is 0.272 e. The van der Waals surface area contributed by atoms with Crippen LogP contribution >= 0.6 is 11.8 Å². The molecule has 1 aliphatic heterocycles. The van der Waals surface area contributed by atoms with Crippen molar-refractivity contribution in [3.05, 3.63) is 45.7 Å². The molecule has 2 heterocycles. The zero-order valence-electron chi connectivity index (χ0n) is 11.1. The molecule has 0 atom stereocenters. The Kier molecular flexibility index (Phi) is 3.33. The van der Waals surface area contributed by atoms with Gasteiger partial charge in [0, 0.05) is 17.9 Å². The second-order valence-electron chi connectivity index (χ2n) is 4.75. The van der Waals surface area contributed by atoms with Crippen LogP contribution in [0, 0.1) is 18.3 Å². The Morgan fingerprint density at radius 2 is 2.10 bits per heavy atom. The van der Waals surface area contributed by atoms with Crippen LogP contribution in [0.25, 0.3) is 11.3 Å². The highest BCUT2D eigenvalue weighted by Gasteiger charge is 2.20. The monoisotopic (exact) mass is 283 g/mol. The summed E-state index contributed by atoms with van der Waals surface area (Å²) >= 11 is 1.58. The third-order valence-corrected chi connectivity index (χ3v) is 4.39. The van der Waals surface area contributed by atoms with Crippen molar-refractivity contribution in [3.63, 3.8) is 0 Å². The summed E-state index contributed by atoms with van der Waals surface area (Å²) in [7, 11) is 0. The Labute approximate surface area is 121 Å². The van der Waals surface area contributed by atoms with Gasteiger partial charge in [-0.15, -0.1) is 0 Å². The number of hydrogen-bond donors (Lipinski definition) is 0. The van der Waals surface area contributed by atoms with Gasteiger partial charge in [-0.3, -0.25) is 9.36 Å². The van der Waals surface area contributed by atoms with Crippen molar-refractivity contribution >= 4 is 11.8 Å². The number of aromatic nitrogens is 2. The lowest BCUT2D eigenvalue weighted by Crippen LogP contribution is -2.28. The Bertz CT molecular complexity index is 756. The average Bonchev–Trinajstić information content (AvgIpc) is 2.48. The lowest BCUT2D eigenvalue weighted by atomic mass is 10.1. The number of rotatable bonds is 1. The van der Waals surface area contributed by atoms with E-state index in [0.717, 1.165) is 28.5 Å². The first kappa shape index (κ1) is 12.9. The van der Waals surface area contributed by atoms with E-state index in [9.17, 15) is 10.1 Å². The normalized spacial score (nSPS) is 13.6. The molecule has 4 nitrogen and oxygen atoms in total. The van der Waals surface area contributed by atoms with Crippen LogP contribution in [-0.2, 0) is 6.54 Å². The molecule has 1 aromatic carbocycles. The molecule has 1 aromatic heterocycles. The van der Waals surface area contributed by atoms with Crippen molar-refractivity contribution < 1.29 is 0 Å². The Balaban J connectivity index is 2.25. The quantitative estimate of drug-likeness (QED) is 0.755. The predicted octanol–water partition coefficient (Wildman–Crippen LogP) is 2.59. The molecular formula is C15H13N3OS. The van der Waals surface area contributed by atoms with Crippen molar-refractivity contribution in [1.29, 1.82) is 5.26 Å². The first-order valence-corrected chi connectivity index (χ1v) is 7.44. The van der Waals surface area contributed by atoms with Gasteiger partial charge in [-0.2, -0.15) is 5.26 Å². The third-order valence-electron chi connectivity index (χ3n) is 3.33. The SMILES string of the molecule is Cc1ccc(-c2nc3n(c(=O)c2C#N)CCCS3)cc1. The topological polar surface area (TPSA) is 58.7 Å². The van der Waals surface area contributed by atoms with Gasteiger partial charge in [-0.05, 0) is 13.3 Å². The first-order chi connectivity index (χ1) is 9.70. The maximum absolute atomic E-state index is 12.4. The predicted molar refractivity (Wildman–Crippen MR) is 78.7 cm³/mol. The zero-order chi connectivity index (χ0) is 14.1. The van der Waals surface area contributed by atoms with E-state index in [0.29, 0.717) is 12.2 Å². The van der Waals surface area contributed by atoms with Gasteiger partial charge in [0.1, 0.15) is 11.6 Å². The van der Waals surface area contributed by atoms with Crippen LogP contribution in [0.3, 0.4) is 0 Å². The van der Waals surface area contributed by atoms with Crippen LogP contribution in [0.15, 0.2) is 34.2 Å². The van der Waals surface area contributed by atoms with Crippen LogP contribution in [0.1, 0.15) is 17.5 Å². The number of nitrogens with zero attached hydrogens (tertiary/aromatic N) is 3. The zero-order valence-corrected chi connectivity index (χ0v) is 11.9. The van der Waals surface area contributed by atoms with E-state index in [-0.39, 0.29) is 11.1 Å². The van der Waals surface area contributed by atoms with Crippen molar-refractivity contribution in [3.8, 4) is 17.3 Å². The number of fused-ring (bicyclic) bond motifs is 1. The summed E-state index contributed by atoms with van der Waals surface area (Å²) in [5.41, 5.74) is 2.37. The Morgan fingerprint density at radius 3 is 2.80 bits per heavy atom. The summed E-state index contributed by atoms with van der Waals surface area (Å²) < 4.78 is 1.62. The van der Waals surface area contributed by atoms with E-state index in [4.69, 9.17) is 0 Å². The van der Waals surface area contributed by atoms with Gasteiger partial charge in [0.2, 0.25) is 0 Å². The Hall–Kier alpha value is -2.06. The molecule has 5 heteroatoms. The molecular weight excluding hydrogens is 270 g/mol. The number of hydrogen-bond acceptors (Lipinski definition) is 4. The highest BCUT2D eigenvalue weighted by molar-refractivity contribution is 7.99. The maximum Gasteiger partial charge on any atom is 0.272 e. The summed E-state index contributed by atoms with van der Waals surface area (Å²) in [5.74, 6) is 0.964. The molecule has 0 saturated carbocycles. The van der Waals surface area contributed by atoms with E-state index in [1.54, 1.807) is 16.3 Å². The van der Waals surface area contributed by atoms with Gasteiger partial charge in [0.25, 0.3) is 5.56 Å². The van der Waals surface area contributed by atoms with Crippen molar-refractivity contribution in [2.45, 2.75) is 25.0 Å². The lowest BCUT2D eigenvalue weighted by Gasteiger charge is -2.18. The molecule has 0 radical (unpaired) electrons. The highest BCUT2D eigenvalue weighted by Crippen LogP contribution is 2.26. The van der Waals surface area contributed by atoms with Crippen LogP contribution < -0.4 is 5.56 Å². The molecule has 3 rings (SSSR count). The minimum absolute atomic E-state index is 0.139. The molecule has 100 valence electrons. The van der Waals surface area contributed by atoms with E-state index in [1.165, 1.54) is 0 Å². The van der Waals surface area contributed by atoms with Crippen molar-refractivity contribution in [2.75, 3.05) is 5.75 Å². The van der Waals surface area contributed by atoms with E-state index in [1.807, 2.05) is 37.3 Å². The fraction of sp³-hybridized carbons (Fsp3) is 0.267. The largest absolute Gasteiger partial charge is 0.286 e. The second kappa shape index (κ2) is 5.14. The van der Waals surface area contributed by atoms with Gasteiger partial charge < -0.3 is 0 Å². The molecule has 0 fully saturated rings. The standard InChI is InChI=1S/C15H13N3OS/c1-10-3-5-11(6-4-10)13-12(9-16)14(19)18-7-2-8-20-15(18)17-13/h3-6H,2,7-8H2,1H3. The van der Waals surface area contributed by atoms with Gasteiger partial charge in [0.15, 0.2) is 5.16 Å². The first-order valence-electron chi connectivity index (χ1n) is 6.45. The minimum Gasteiger partial charge on any atom is -0.286 e. The van der Waals surface area contributed by atoms with Crippen LogP contribution in [-0.4, -0.2) is 15.3 Å². The Morgan fingerprint density at radius 1 is 1.35 bits per heavy atom. The van der Waals surface area contributed by atoms with Gasteiger partial charge in [-0.25, -0.2) is 4.98 Å². The lowest BCUT2D eigenvalue weighted by molar-refractivity contribution is 0.562. The summed E-state index contributed by atoms with van der Waals surface area (Å²) in [6, 6.07) is 9.75. The second-order valence-corrected chi connectivity index (χ2v) is 5.82. The summed E-state index contributed by atoms with van der Waals surface area (Å²) in [6.07, 6.45) is 0.938. The van der Waals surface area contributed by atoms with Gasteiger partial charge in [-0.1, -0.05) is 41.6 Å². The molecule has 0 aliphatic carbocycles. The molecule has 0 bridgehead atoms. The van der Waals surface area contributed by atoms with E-state index >= 15 is 0 Å². The molecule has 20 heavy (non-hydrogen) atoms. The summed E-state index contributed by atoms with van der Waals surface area (Å²) in [6.45, 7) is 2.65. The summed E-state index contributed by atoms with van der Waals surface area (Å²) in [4.78, 5) is 16.9. The molecule has 0 unspecified atom stereocenters. The van der Waals surface area contributed by atoms with Crippen molar-refractivity contribution in [1.82, 2.24) is 9.55 Å². The molecule has 0 spiro atoms. The minimum atomic E-state index is -0.222. The number of benzene rings is 1. The van der Waals surface area contributed by atoms with E-state index in [2.05, 4.69) is 4.98 Å². The van der Waals surface area contributed by atoms with Gasteiger partial charge >= 0.3 is 0 Å². The fourth-order valence-corrected chi connectivity index (χ4v) is 3.19. The fourth-order valence-electron chi connectivity index (χ4n) is 2.25. The van der Waals surface area contributed by atoms with Crippen LogP contribution in [0.4, 0.5) is 0 Å². The molecule has 0 saturated heterocycles. The highest BCUT2D eigenvalue weighted by atomic mass is 32.2. The van der Waals surface area contributed by atoms with Crippen LogP contribution in [0.2, 0.25) is 0 Å². The maximum atomic E-state index is 12.4. The van der Waals surface area contributed by atoms with Crippen LogP contribution in [0.5, 0.6) is 0 Å². The molecule has 2 aromatic rings. The molecule has 1 aliphatic rings. The van der Waals surface area contributed by atoms with E-state index < -0.39 is 0 Å². The van der Waals surface area contributed by atoms with Crippen molar-refractivity contribution in [2.24, 2.45) is 0 Å². The third kappa shape index (κ3) is 2.12. The summed E-state index contributed by atoms with van der Waals surface area (Å²) in [5, 5.41) is 10.0. The molecule has 0 N–H and O–H groups in total. The number of aryl methyl sites for hydroxylation is 1. The average molecular weight is 283 g/mol. The number of nitriles is 1. The number of thioether (sulfide) groups is 1. The molecule has 0 amide bonds. The van der Waals surface area contributed by atoms with Gasteiger partial charge in [0.05, 0.1) is 5.69 Å².